The molecule has 1 aromatic carbocycles. The van der Waals surface area contributed by atoms with Gasteiger partial charge in [-0.2, -0.15) is 14.9 Å². The Morgan fingerprint density at radius 2 is 2.12 bits per heavy atom. The molecule has 2 aromatic heterocycles. The smallest absolute Gasteiger partial charge is 0.273 e. The van der Waals surface area contributed by atoms with Gasteiger partial charge >= 0.3 is 0 Å². The number of ether oxygens (including phenoxy) is 1. The van der Waals surface area contributed by atoms with Crippen LogP contribution in [0.25, 0.3) is 5.95 Å². The van der Waals surface area contributed by atoms with Crippen molar-refractivity contribution in [2.75, 3.05) is 6.61 Å². The number of aromatic hydroxyl groups is 1. The fourth-order valence-corrected chi connectivity index (χ4v) is 2.29. The molecule has 0 fully saturated rings. The fraction of sp³-hybridized carbons (Fsp3) is 0.250. The van der Waals surface area contributed by atoms with Gasteiger partial charge in [-0.3, -0.25) is 0 Å². The number of hydrogen-bond acceptors (Lipinski definition) is 6. The standard InChI is InChI=1S/C16H18N6O2/c1-4-24-15-8-13(5-6-14(15)23)9-18-21-10-17-19-16(21)22-12(3)7-11(2)20-22/h5-10,23H,4H2,1-3H3/b18-9+. The molecule has 0 aliphatic heterocycles. The second-order valence-electron chi connectivity index (χ2n) is 5.22. The number of aryl methyl sites for hydroxylation is 2. The summed E-state index contributed by atoms with van der Waals surface area (Å²) in [6.07, 6.45) is 3.15. The van der Waals surface area contributed by atoms with Crippen LogP contribution in [0.2, 0.25) is 0 Å². The Hall–Kier alpha value is -3.16. The van der Waals surface area contributed by atoms with Crippen LogP contribution in [0.1, 0.15) is 23.9 Å². The van der Waals surface area contributed by atoms with Gasteiger partial charge in [0, 0.05) is 5.69 Å². The lowest BCUT2D eigenvalue weighted by Gasteiger charge is -2.06. The first-order valence-corrected chi connectivity index (χ1v) is 7.52. The third-order valence-electron chi connectivity index (χ3n) is 3.33. The highest BCUT2D eigenvalue weighted by molar-refractivity contribution is 5.80. The van der Waals surface area contributed by atoms with E-state index < -0.39 is 0 Å². The average molecular weight is 326 g/mol. The van der Waals surface area contributed by atoms with E-state index in [1.54, 1.807) is 29.1 Å². The molecule has 8 nitrogen and oxygen atoms in total. The minimum Gasteiger partial charge on any atom is -0.504 e. The van der Waals surface area contributed by atoms with E-state index in [2.05, 4.69) is 20.4 Å². The highest BCUT2D eigenvalue weighted by Gasteiger charge is 2.10. The van der Waals surface area contributed by atoms with Crippen LogP contribution in [-0.2, 0) is 0 Å². The summed E-state index contributed by atoms with van der Waals surface area (Å²) in [7, 11) is 0. The van der Waals surface area contributed by atoms with Crippen LogP contribution < -0.4 is 4.74 Å². The summed E-state index contributed by atoms with van der Waals surface area (Å²) in [6, 6.07) is 6.99. The first-order valence-electron chi connectivity index (χ1n) is 7.52. The summed E-state index contributed by atoms with van der Waals surface area (Å²) >= 11 is 0. The Morgan fingerprint density at radius 1 is 1.29 bits per heavy atom. The lowest BCUT2D eigenvalue weighted by molar-refractivity contribution is 0.318. The van der Waals surface area contributed by atoms with E-state index in [-0.39, 0.29) is 5.75 Å². The second-order valence-corrected chi connectivity index (χ2v) is 5.22. The van der Waals surface area contributed by atoms with E-state index in [1.165, 1.54) is 11.0 Å². The SMILES string of the molecule is CCOc1cc(/C=N/n2cnnc2-n2nc(C)cc2C)ccc1O. The van der Waals surface area contributed by atoms with Gasteiger partial charge in [-0.15, -0.1) is 10.2 Å². The maximum absolute atomic E-state index is 9.74. The van der Waals surface area contributed by atoms with Crippen molar-refractivity contribution in [1.29, 1.82) is 0 Å². The lowest BCUT2D eigenvalue weighted by atomic mass is 10.2. The predicted molar refractivity (Wildman–Crippen MR) is 88.9 cm³/mol. The number of phenols is 1. The number of nitrogens with zero attached hydrogens (tertiary/aromatic N) is 6. The van der Waals surface area contributed by atoms with Gasteiger partial charge in [-0.05, 0) is 50.6 Å². The number of phenolic OH excluding ortho intramolecular Hbond substituents is 1. The number of benzene rings is 1. The molecule has 0 aliphatic carbocycles. The zero-order valence-corrected chi connectivity index (χ0v) is 13.7. The van der Waals surface area contributed by atoms with Crippen LogP contribution >= 0.6 is 0 Å². The topological polar surface area (TPSA) is 90.4 Å². The molecule has 0 saturated heterocycles. The van der Waals surface area contributed by atoms with Gasteiger partial charge in [0.1, 0.15) is 6.33 Å². The molecule has 0 amide bonds. The molecule has 3 rings (SSSR count). The summed E-state index contributed by atoms with van der Waals surface area (Å²) < 4.78 is 8.59. The molecule has 0 spiro atoms. The van der Waals surface area contributed by atoms with E-state index in [9.17, 15) is 5.11 Å². The normalized spacial score (nSPS) is 11.3. The molecular weight excluding hydrogens is 308 g/mol. The molecule has 2 heterocycles. The second kappa shape index (κ2) is 6.53. The first-order chi connectivity index (χ1) is 11.6. The van der Waals surface area contributed by atoms with Crippen molar-refractivity contribution in [2.24, 2.45) is 5.10 Å². The highest BCUT2D eigenvalue weighted by Crippen LogP contribution is 2.26. The van der Waals surface area contributed by atoms with Crippen molar-refractivity contribution in [3.8, 4) is 17.4 Å². The Bertz CT molecular complexity index is 881. The molecular formula is C16H18N6O2. The summed E-state index contributed by atoms with van der Waals surface area (Å²) in [6.45, 7) is 6.19. The van der Waals surface area contributed by atoms with Gasteiger partial charge in [0.25, 0.3) is 5.95 Å². The van der Waals surface area contributed by atoms with Crippen LogP contribution in [0.15, 0.2) is 35.7 Å². The summed E-state index contributed by atoms with van der Waals surface area (Å²) in [5, 5.41) is 26.5. The molecule has 0 atom stereocenters. The Labute approximate surface area is 139 Å². The Kier molecular flexibility index (Phi) is 4.28. The van der Waals surface area contributed by atoms with Crippen molar-refractivity contribution in [3.05, 3.63) is 47.5 Å². The number of hydrogen-bond donors (Lipinski definition) is 1. The van der Waals surface area contributed by atoms with Crippen molar-refractivity contribution in [2.45, 2.75) is 20.8 Å². The maximum atomic E-state index is 9.74. The summed E-state index contributed by atoms with van der Waals surface area (Å²) in [5.74, 6) is 1.02. The van der Waals surface area contributed by atoms with Gasteiger partial charge in [0.2, 0.25) is 0 Å². The third kappa shape index (κ3) is 3.12. The summed E-state index contributed by atoms with van der Waals surface area (Å²) in [4.78, 5) is 0. The van der Waals surface area contributed by atoms with Crippen LogP contribution in [0.5, 0.6) is 11.5 Å². The molecule has 8 heteroatoms. The van der Waals surface area contributed by atoms with E-state index in [0.29, 0.717) is 18.3 Å². The zero-order valence-electron chi connectivity index (χ0n) is 13.7. The predicted octanol–water partition coefficient (Wildman–Crippen LogP) is 2.07. The maximum Gasteiger partial charge on any atom is 0.273 e. The Balaban J connectivity index is 1.90. The quantitative estimate of drug-likeness (QED) is 0.725. The molecule has 0 aliphatic rings. The highest BCUT2D eigenvalue weighted by atomic mass is 16.5. The fourth-order valence-electron chi connectivity index (χ4n) is 2.29. The molecule has 1 N–H and O–H groups in total. The van der Waals surface area contributed by atoms with Crippen molar-refractivity contribution in [3.63, 3.8) is 0 Å². The van der Waals surface area contributed by atoms with E-state index in [0.717, 1.165) is 17.0 Å². The molecule has 0 radical (unpaired) electrons. The molecule has 24 heavy (non-hydrogen) atoms. The molecule has 0 unspecified atom stereocenters. The molecule has 0 bridgehead atoms. The van der Waals surface area contributed by atoms with Crippen LogP contribution in [-0.4, -0.2) is 42.6 Å². The van der Waals surface area contributed by atoms with Gasteiger partial charge in [0.05, 0.1) is 18.5 Å². The summed E-state index contributed by atoms with van der Waals surface area (Å²) in [5.41, 5.74) is 2.62. The van der Waals surface area contributed by atoms with Crippen LogP contribution in [0.3, 0.4) is 0 Å². The van der Waals surface area contributed by atoms with E-state index >= 15 is 0 Å². The van der Waals surface area contributed by atoms with Crippen LogP contribution in [0.4, 0.5) is 0 Å². The number of rotatable bonds is 5. The molecule has 3 aromatic rings. The van der Waals surface area contributed by atoms with Crippen molar-refractivity contribution in [1.82, 2.24) is 24.7 Å². The van der Waals surface area contributed by atoms with Gasteiger partial charge < -0.3 is 9.84 Å². The minimum absolute atomic E-state index is 0.0987. The van der Waals surface area contributed by atoms with E-state index in [4.69, 9.17) is 4.74 Å². The first kappa shape index (κ1) is 15.7. The number of aromatic nitrogens is 5. The van der Waals surface area contributed by atoms with Gasteiger partial charge in [0.15, 0.2) is 11.5 Å². The zero-order chi connectivity index (χ0) is 17.1. The van der Waals surface area contributed by atoms with Crippen molar-refractivity contribution >= 4 is 6.21 Å². The average Bonchev–Trinajstić information content (AvgIpc) is 3.14. The largest absolute Gasteiger partial charge is 0.504 e. The van der Waals surface area contributed by atoms with Crippen molar-refractivity contribution < 1.29 is 9.84 Å². The van der Waals surface area contributed by atoms with Gasteiger partial charge in [-0.1, -0.05) is 0 Å². The lowest BCUT2D eigenvalue weighted by Crippen LogP contribution is -2.06. The van der Waals surface area contributed by atoms with Crippen LogP contribution in [0, 0.1) is 13.8 Å². The van der Waals surface area contributed by atoms with Gasteiger partial charge in [-0.25, -0.2) is 4.68 Å². The third-order valence-corrected chi connectivity index (χ3v) is 3.33. The molecule has 124 valence electrons. The molecule has 0 saturated carbocycles. The van der Waals surface area contributed by atoms with E-state index in [1.807, 2.05) is 26.8 Å². The minimum atomic E-state index is 0.0987. The monoisotopic (exact) mass is 326 g/mol. The Morgan fingerprint density at radius 3 is 2.83 bits per heavy atom.